The van der Waals surface area contributed by atoms with E-state index in [9.17, 15) is 9.59 Å². The first kappa shape index (κ1) is 20.7. The minimum Gasteiger partial charge on any atom is -0.352 e. The number of amides is 2. The Labute approximate surface area is 154 Å². The Morgan fingerprint density at radius 2 is 2.08 bits per heavy atom. The molecule has 0 bridgehead atoms. The van der Waals surface area contributed by atoms with Gasteiger partial charge in [-0.3, -0.25) is 9.59 Å². The Hall–Kier alpha value is -1.30. The summed E-state index contributed by atoms with van der Waals surface area (Å²) in [5.41, 5.74) is 6.95. The van der Waals surface area contributed by atoms with E-state index >= 15 is 0 Å². The molecule has 0 saturated heterocycles. The second-order valence-electron chi connectivity index (χ2n) is 6.06. The standard InChI is InChI=1S/C17H24ClN3O2.ClH/c1-2-8-20-17(23)14-7-6-13(10-15(14)18)21-16(22)11-4-3-5-12(19)9-11;/h6-7,10-12H,2-5,8-9,19H2,1H3,(H,20,23)(H,21,22);1H. The predicted molar refractivity (Wildman–Crippen MR) is 99.9 cm³/mol. The molecule has 4 N–H and O–H groups in total. The summed E-state index contributed by atoms with van der Waals surface area (Å²) in [5.74, 6) is -0.280. The highest BCUT2D eigenvalue weighted by Crippen LogP contribution is 2.26. The fourth-order valence-corrected chi connectivity index (χ4v) is 3.09. The number of nitrogens with two attached hydrogens (primary N) is 1. The van der Waals surface area contributed by atoms with Gasteiger partial charge >= 0.3 is 0 Å². The lowest BCUT2D eigenvalue weighted by molar-refractivity contribution is -0.120. The molecule has 1 aromatic carbocycles. The van der Waals surface area contributed by atoms with Crippen molar-refractivity contribution in [2.75, 3.05) is 11.9 Å². The van der Waals surface area contributed by atoms with Gasteiger partial charge < -0.3 is 16.4 Å². The molecule has 1 aliphatic rings. The van der Waals surface area contributed by atoms with Crippen LogP contribution in [0, 0.1) is 5.92 Å². The zero-order valence-electron chi connectivity index (χ0n) is 13.8. The number of nitrogens with one attached hydrogen (secondary N) is 2. The van der Waals surface area contributed by atoms with Crippen molar-refractivity contribution in [1.82, 2.24) is 5.32 Å². The van der Waals surface area contributed by atoms with E-state index in [1.165, 1.54) is 0 Å². The average molecular weight is 374 g/mol. The van der Waals surface area contributed by atoms with Crippen molar-refractivity contribution in [3.8, 4) is 0 Å². The fourth-order valence-electron chi connectivity index (χ4n) is 2.82. The molecule has 134 valence electrons. The van der Waals surface area contributed by atoms with Crippen LogP contribution in [0.1, 0.15) is 49.4 Å². The monoisotopic (exact) mass is 373 g/mol. The number of rotatable bonds is 5. The summed E-state index contributed by atoms with van der Waals surface area (Å²) in [6.07, 6.45) is 4.41. The highest BCUT2D eigenvalue weighted by molar-refractivity contribution is 6.34. The van der Waals surface area contributed by atoms with Crippen LogP contribution in [-0.2, 0) is 4.79 Å². The number of benzene rings is 1. The summed E-state index contributed by atoms with van der Waals surface area (Å²) in [6, 6.07) is 5.05. The summed E-state index contributed by atoms with van der Waals surface area (Å²) < 4.78 is 0. The van der Waals surface area contributed by atoms with Crippen LogP contribution in [0.5, 0.6) is 0 Å². The number of carbonyl (C=O) groups is 2. The minimum atomic E-state index is -0.201. The fraction of sp³-hybridized carbons (Fsp3) is 0.529. The minimum absolute atomic E-state index is 0. The molecule has 1 saturated carbocycles. The number of hydrogen-bond acceptors (Lipinski definition) is 3. The van der Waals surface area contributed by atoms with Gasteiger partial charge in [-0.15, -0.1) is 12.4 Å². The van der Waals surface area contributed by atoms with Crippen molar-refractivity contribution < 1.29 is 9.59 Å². The second-order valence-corrected chi connectivity index (χ2v) is 6.47. The third-order valence-corrected chi connectivity index (χ3v) is 4.42. The van der Waals surface area contributed by atoms with E-state index in [2.05, 4.69) is 10.6 Å². The molecule has 24 heavy (non-hydrogen) atoms. The Bertz CT molecular complexity index is 581. The van der Waals surface area contributed by atoms with Crippen molar-refractivity contribution in [2.45, 2.75) is 45.1 Å². The van der Waals surface area contributed by atoms with Crippen LogP contribution in [0.25, 0.3) is 0 Å². The van der Waals surface area contributed by atoms with Crippen molar-refractivity contribution in [3.63, 3.8) is 0 Å². The number of carbonyl (C=O) groups excluding carboxylic acids is 2. The molecule has 2 amide bonds. The quantitative estimate of drug-likeness (QED) is 0.739. The molecule has 0 spiro atoms. The van der Waals surface area contributed by atoms with Crippen LogP contribution in [0.3, 0.4) is 0 Å². The van der Waals surface area contributed by atoms with Gasteiger partial charge in [-0.05, 0) is 43.9 Å². The number of anilines is 1. The molecule has 1 fully saturated rings. The average Bonchev–Trinajstić information content (AvgIpc) is 2.52. The Morgan fingerprint density at radius 3 is 2.71 bits per heavy atom. The SMILES string of the molecule is CCCNC(=O)c1ccc(NC(=O)C2CCCC(N)C2)cc1Cl.Cl. The third kappa shape index (κ3) is 5.65. The first-order valence-electron chi connectivity index (χ1n) is 8.15. The van der Waals surface area contributed by atoms with Crippen molar-refractivity contribution in [3.05, 3.63) is 28.8 Å². The van der Waals surface area contributed by atoms with Crippen LogP contribution in [-0.4, -0.2) is 24.4 Å². The molecule has 1 aromatic rings. The van der Waals surface area contributed by atoms with Crippen LogP contribution in [0.2, 0.25) is 5.02 Å². The molecule has 0 heterocycles. The van der Waals surface area contributed by atoms with E-state index in [4.69, 9.17) is 17.3 Å². The maximum absolute atomic E-state index is 12.3. The highest BCUT2D eigenvalue weighted by Gasteiger charge is 2.25. The van der Waals surface area contributed by atoms with E-state index < -0.39 is 0 Å². The van der Waals surface area contributed by atoms with Crippen LogP contribution in [0.15, 0.2) is 18.2 Å². The van der Waals surface area contributed by atoms with Gasteiger partial charge in [-0.2, -0.15) is 0 Å². The lowest BCUT2D eigenvalue weighted by Gasteiger charge is -2.25. The zero-order chi connectivity index (χ0) is 16.8. The molecule has 2 atom stereocenters. The van der Waals surface area contributed by atoms with Gasteiger partial charge in [-0.1, -0.05) is 24.9 Å². The van der Waals surface area contributed by atoms with Crippen LogP contribution < -0.4 is 16.4 Å². The van der Waals surface area contributed by atoms with E-state index in [0.29, 0.717) is 22.8 Å². The normalized spacial score (nSPS) is 20.0. The lowest BCUT2D eigenvalue weighted by Crippen LogP contribution is -2.34. The Balaban J connectivity index is 0.00000288. The zero-order valence-corrected chi connectivity index (χ0v) is 15.4. The largest absolute Gasteiger partial charge is 0.352 e. The van der Waals surface area contributed by atoms with E-state index in [-0.39, 0.29) is 36.2 Å². The van der Waals surface area contributed by atoms with Gasteiger partial charge in [0, 0.05) is 24.2 Å². The lowest BCUT2D eigenvalue weighted by atomic mass is 9.85. The smallest absolute Gasteiger partial charge is 0.252 e. The molecule has 5 nitrogen and oxygen atoms in total. The Kier molecular flexibility index (Phi) is 8.53. The maximum Gasteiger partial charge on any atom is 0.252 e. The van der Waals surface area contributed by atoms with Gasteiger partial charge in [0.2, 0.25) is 5.91 Å². The molecule has 1 aliphatic carbocycles. The molecule has 0 aliphatic heterocycles. The number of hydrogen-bond donors (Lipinski definition) is 3. The molecule has 0 aromatic heterocycles. The Morgan fingerprint density at radius 1 is 1.33 bits per heavy atom. The van der Waals surface area contributed by atoms with Gasteiger partial charge in [0.25, 0.3) is 5.91 Å². The summed E-state index contributed by atoms with van der Waals surface area (Å²) in [5, 5.41) is 5.98. The maximum atomic E-state index is 12.3. The van der Waals surface area contributed by atoms with E-state index in [0.717, 1.165) is 32.1 Å². The molecular weight excluding hydrogens is 349 g/mol. The van der Waals surface area contributed by atoms with E-state index in [1.54, 1.807) is 18.2 Å². The van der Waals surface area contributed by atoms with Gasteiger partial charge in [0.15, 0.2) is 0 Å². The van der Waals surface area contributed by atoms with Crippen molar-refractivity contribution >= 4 is 41.5 Å². The molecule has 2 rings (SSSR count). The number of halogens is 2. The van der Waals surface area contributed by atoms with Crippen molar-refractivity contribution in [1.29, 1.82) is 0 Å². The molecule has 2 unspecified atom stereocenters. The first-order valence-corrected chi connectivity index (χ1v) is 8.53. The first-order chi connectivity index (χ1) is 11.0. The molecular formula is C17H25Cl2N3O2. The highest BCUT2D eigenvalue weighted by atomic mass is 35.5. The van der Waals surface area contributed by atoms with E-state index in [1.807, 2.05) is 6.92 Å². The molecule has 7 heteroatoms. The third-order valence-electron chi connectivity index (χ3n) is 4.10. The summed E-state index contributed by atoms with van der Waals surface area (Å²) in [6.45, 7) is 2.59. The van der Waals surface area contributed by atoms with Gasteiger partial charge in [0.05, 0.1) is 10.6 Å². The van der Waals surface area contributed by atoms with Crippen LogP contribution >= 0.6 is 24.0 Å². The topological polar surface area (TPSA) is 84.2 Å². The second kappa shape index (κ2) is 9.87. The summed E-state index contributed by atoms with van der Waals surface area (Å²) >= 11 is 6.16. The van der Waals surface area contributed by atoms with Gasteiger partial charge in [-0.25, -0.2) is 0 Å². The summed E-state index contributed by atoms with van der Waals surface area (Å²) in [7, 11) is 0. The molecule has 0 radical (unpaired) electrons. The van der Waals surface area contributed by atoms with Gasteiger partial charge in [0.1, 0.15) is 0 Å². The van der Waals surface area contributed by atoms with Crippen LogP contribution in [0.4, 0.5) is 5.69 Å². The van der Waals surface area contributed by atoms with Crippen molar-refractivity contribution in [2.24, 2.45) is 11.7 Å². The predicted octanol–water partition coefficient (Wildman–Crippen LogP) is 3.36. The summed E-state index contributed by atoms with van der Waals surface area (Å²) in [4.78, 5) is 24.2.